The number of fused-ring (bicyclic) bond motifs is 1. The normalized spacial score (nSPS) is 11.9. The second-order valence-corrected chi connectivity index (χ2v) is 5.06. The summed E-state index contributed by atoms with van der Waals surface area (Å²) >= 11 is 0. The van der Waals surface area contributed by atoms with Gasteiger partial charge in [0.25, 0.3) is 0 Å². The van der Waals surface area contributed by atoms with Crippen LogP contribution in [0.15, 0.2) is 16.5 Å². The summed E-state index contributed by atoms with van der Waals surface area (Å²) in [4.78, 5) is 12.0. The minimum atomic E-state index is -0.556. The third kappa shape index (κ3) is 2.88. The van der Waals surface area contributed by atoms with E-state index in [2.05, 4.69) is 0 Å². The van der Waals surface area contributed by atoms with Crippen LogP contribution in [-0.2, 0) is 9.53 Å². The molecule has 0 radical (unpaired) electrons. The maximum Gasteiger partial charge on any atom is 0.522 e. The van der Waals surface area contributed by atoms with Gasteiger partial charge >= 0.3 is 11.9 Å². The molecule has 0 fully saturated rings. The second kappa shape index (κ2) is 6.73. The molecule has 23 heavy (non-hydrogen) atoms. The molecule has 1 heterocycles. The van der Waals surface area contributed by atoms with Gasteiger partial charge < -0.3 is 18.9 Å². The fourth-order valence-electron chi connectivity index (χ4n) is 2.61. The van der Waals surface area contributed by atoms with Crippen molar-refractivity contribution in [3.63, 3.8) is 0 Å². The van der Waals surface area contributed by atoms with Crippen molar-refractivity contribution < 1.29 is 28.2 Å². The first kappa shape index (κ1) is 16.9. The molecule has 1 atom stereocenters. The smallest absolute Gasteiger partial charge is 0.493 e. The fraction of sp³-hybridized carbons (Fsp3) is 0.412. The zero-order valence-corrected chi connectivity index (χ0v) is 14.2. The lowest BCUT2D eigenvalue weighted by Crippen LogP contribution is -2.13. The van der Waals surface area contributed by atoms with Gasteiger partial charge in [0.1, 0.15) is 5.56 Å². The molecule has 6 heteroatoms. The molecule has 6 nitrogen and oxygen atoms in total. The van der Waals surface area contributed by atoms with Crippen LogP contribution in [0.1, 0.15) is 24.2 Å². The van der Waals surface area contributed by atoms with Crippen molar-refractivity contribution in [2.75, 3.05) is 28.4 Å². The molecule has 0 saturated heterocycles. The largest absolute Gasteiger partial charge is 0.522 e. The average Bonchev–Trinajstić information content (AvgIpc) is 2.58. The molecule has 124 valence electrons. The molecule has 1 aromatic carbocycles. The van der Waals surface area contributed by atoms with Gasteiger partial charge in [-0.1, -0.05) is 0 Å². The van der Waals surface area contributed by atoms with Crippen LogP contribution in [0.4, 0.5) is 0 Å². The predicted octanol–water partition coefficient (Wildman–Crippen LogP) is 3.32. The third-order valence-electron chi connectivity index (χ3n) is 3.83. The van der Waals surface area contributed by atoms with Crippen LogP contribution in [-0.4, -0.2) is 34.4 Å². The Morgan fingerprint density at radius 3 is 2.04 bits per heavy atom. The molecule has 0 amide bonds. The Balaban J connectivity index is 2.86. The molecular weight excluding hydrogens is 300 g/mol. The van der Waals surface area contributed by atoms with Crippen LogP contribution in [0.25, 0.3) is 10.8 Å². The summed E-state index contributed by atoms with van der Waals surface area (Å²) in [6.07, 6.45) is 0. The maximum atomic E-state index is 12.0. The SMILES string of the molecule is COC(=O)C(C)c1c(OC)[o+]c(C)c2cc(OC)c(OC)cc12. The molecule has 0 aliphatic heterocycles. The first-order chi connectivity index (χ1) is 11.0. The quantitative estimate of drug-likeness (QED) is 0.622. The Kier molecular flexibility index (Phi) is 4.93. The highest BCUT2D eigenvalue weighted by Crippen LogP contribution is 2.41. The molecule has 1 aromatic heterocycles. The summed E-state index contributed by atoms with van der Waals surface area (Å²) < 4.78 is 26.6. The van der Waals surface area contributed by atoms with Crippen LogP contribution in [0.3, 0.4) is 0 Å². The molecule has 0 saturated carbocycles. The number of methoxy groups -OCH3 is 4. The lowest BCUT2D eigenvalue weighted by Gasteiger charge is -2.14. The van der Waals surface area contributed by atoms with E-state index < -0.39 is 5.92 Å². The summed E-state index contributed by atoms with van der Waals surface area (Å²) in [6.45, 7) is 3.56. The number of carbonyl (C=O) groups is 1. The molecular formula is C17H21O6+. The highest BCUT2D eigenvalue weighted by atomic mass is 16.6. The van der Waals surface area contributed by atoms with E-state index in [1.807, 2.05) is 19.1 Å². The van der Waals surface area contributed by atoms with Crippen molar-refractivity contribution in [3.05, 3.63) is 23.5 Å². The van der Waals surface area contributed by atoms with Gasteiger partial charge in [0.15, 0.2) is 18.6 Å². The van der Waals surface area contributed by atoms with E-state index in [-0.39, 0.29) is 11.9 Å². The van der Waals surface area contributed by atoms with Crippen molar-refractivity contribution in [2.45, 2.75) is 19.8 Å². The summed E-state index contributed by atoms with van der Waals surface area (Å²) in [5, 5.41) is 1.61. The number of esters is 1. The minimum Gasteiger partial charge on any atom is -0.493 e. The summed E-state index contributed by atoms with van der Waals surface area (Å²) in [6, 6.07) is 3.63. The molecule has 0 spiro atoms. The van der Waals surface area contributed by atoms with Gasteiger partial charge in [0.05, 0.1) is 32.6 Å². The van der Waals surface area contributed by atoms with E-state index in [4.69, 9.17) is 23.4 Å². The van der Waals surface area contributed by atoms with Gasteiger partial charge in [-0.3, -0.25) is 9.21 Å². The number of ether oxygens (including phenoxy) is 4. The van der Waals surface area contributed by atoms with E-state index >= 15 is 0 Å². The highest BCUT2D eigenvalue weighted by Gasteiger charge is 2.32. The van der Waals surface area contributed by atoms with Gasteiger partial charge in [-0.2, -0.15) is 0 Å². The second-order valence-electron chi connectivity index (χ2n) is 5.06. The first-order valence-corrected chi connectivity index (χ1v) is 7.12. The lowest BCUT2D eigenvalue weighted by molar-refractivity contribution is -0.142. The van der Waals surface area contributed by atoms with Gasteiger partial charge in [-0.25, -0.2) is 0 Å². The number of carbonyl (C=O) groups excluding carboxylic acids is 1. The summed E-state index contributed by atoms with van der Waals surface area (Å²) in [5.41, 5.74) is 0.612. The lowest BCUT2D eigenvalue weighted by atomic mass is 9.95. The van der Waals surface area contributed by atoms with E-state index in [1.54, 1.807) is 21.1 Å². The number of rotatable bonds is 5. The molecule has 0 aliphatic carbocycles. The van der Waals surface area contributed by atoms with E-state index in [0.29, 0.717) is 22.8 Å². The van der Waals surface area contributed by atoms with E-state index in [9.17, 15) is 4.79 Å². The van der Waals surface area contributed by atoms with Gasteiger partial charge in [-0.15, -0.1) is 0 Å². The third-order valence-corrected chi connectivity index (χ3v) is 3.83. The molecule has 1 unspecified atom stereocenters. The van der Waals surface area contributed by atoms with E-state index in [0.717, 1.165) is 10.8 Å². The average molecular weight is 321 g/mol. The molecule has 0 N–H and O–H groups in total. The van der Waals surface area contributed by atoms with Crippen molar-refractivity contribution in [2.24, 2.45) is 0 Å². The minimum absolute atomic E-state index is 0.278. The van der Waals surface area contributed by atoms with Gasteiger partial charge in [0.2, 0.25) is 5.76 Å². The van der Waals surface area contributed by atoms with Gasteiger partial charge in [0, 0.05) is 12.3 Å². The van der Waals surface area contributed by atoms with Crippen LogP contribution in [0, 0.1) is 6.92 Å². The topological polar surface area (TPSA) is 65.3 Å². The number of hydrogen-bond acceptors (Lipinski definition) is 5. The Bertz CT molecular complexity index is 738. The van der Waals surface area contributed by atoms with Crippen LogP contribution >= 0.6 is 0 Å². The number of hydrogen-bond donors (Lipinski definition) is 0. The van der Waals surface area contributed by atoms with Crippen molar-refractivity contribution in [1.82, 2.24) is 0 Å². The van der Waals surface area contributed by atoms with Crippen molar-refractivity contribution >= 4 is 16.7 Å². The molecule has 0 bridgehead atoms. The Labute approximate surface area is 134 Å². The Morgan fingerprint density at radius 1 is 1.00 bits per heavy atom. The highest BCUT2D eigenvalue weighted by molar-refractivity contribution is 5.95. The van der Waals surface area contributed by atoms with Crippen LogP contribution in [0.5, 0.6) is 17.4 Å². The Morgan fingerprint density at radius 2 is 1.57 bits per heavy atom. The Hall–Kier alpha value is -2.50. The maximum absolute atomic E-state index is 12.0. The van der Waals surface area contributed by atoms with Crippen molar-refractivity contribution in [3.8, 4) is 17.4 Å². The monoisotopic (exact) mass is 321 g/mol. The number of benzene rings is 1. The summed E-state index contributed by atoms with van der Waals surface area (Å²) in [5.74, 6) is 1.14. The first-order valence-electron chi connectivity index (χ1n) is 7.12. The van der Waals surface area contributed by atoms with Crippen molar-refractivity contribution in [1.29, 1.82) is 0 Å². The number of aryl methyl sites for hydroxylation is 1. The van der Waals surface area contributed by atoms with Gasteiger partial charge in [-0.05, 0) is 19.1 Å². The molecule has 2 rings (SSSR count). The fourth-order valence-corrected chi connectivity index (χ4v) is 2.61. The zero-order chi connectivity index (χ0) is 17.1. The summed E-state index contributed by atoms with van der Waals surface area (Å²) in [7, 11) is 5.98. The van der Waals surface area contributed by atoms with Crippen LogP contribution < -0.4 is 14.2 Å². The molecule has 0 aliphatic rings. The zero-order valence-electron chi connectivity index (χ0n) is 14.2. The predicted molar refractivity (Wildman–Crippen MR) is 85.4 cm³/mol. The van der Waals surface area contributed by atoms with E-state index in [1.165, 1.54) is 14.2 Å². The molecule has 2 aromatic rings. The standard InChI is InChI=1S/C17H21O6/c1-9(16(18)21-5)15-12-8-14(20-4)13(19-3)7-11(12)10(2)23-17(15)22-6/h7-9H,1-6H3/q+1. The van der Waals surface area contributed by atoms with Crippen LogP contribution in [0.2, 0.25) is 0 Å².